The molecule has 1 unspecified atom stereocenters. The lowest BCUT2D eigenvalue weighted by Crippen LogP contribution is -2.23. The van der Waals surface area contributed by atoms with E-state index in [0.717, 1.165) is 15.7 Å². The molecule has 0 spiro atoms. The quantitative estimate of drug-likeness (QED) is 0.483. The van der Waals surface area contributed by atoms with E-state index in [4.69, 9.17) is 0 Å². The van der Waals surface area contributed by atoms with Gasteiger partial charge in [-0.3, -0.25) is 9.59 Å². The fourth-order valence-corrected chi connectivity index (χ4v) is 3.57. The van der Waals surface area contributed by atoms with Gasteiger partial charge >= 0.3 is 0 Å². The topological polar surface area (TPSA) is 87.7 Å². The second-order valence-electron chi connectivity index (χ2n) is 5.91. The lowest BCUT2D eigenvalue weighted by molar-refractivity contribution is -0.115. The van der Waals surface area contributed by atoms with Crippen molar-refractivity contribution >= 4 is 50.3 Å². The monoisotopic (exact) mass is 432 g/mol. The van der Waals surface area contributed by atoms with Crippen LogP contribution < -0.4 is 10.9 Å². The van der Waals surface area contributed by atoms with Crippen molar-refractivity contribution in [1.82, 2.24) is 15.0 Å². The average molecular weight is 433 g/mol. The zero-order valence-corrected chi connectivity index (χ0v) is 16.9. The van der Waals surface area contributed by atoms with Gasteiger partial charge in [0.05, 0.1) is 10.6 Å². The molecule has 2 heterocycles. The molecule has 8 heteroatoms. The van der Waals surface area contributed by atoms with Crippen LogP contribution in [-0.4, -0.2) is 26.1 Å². The summed E-state index contributed by atoms with van der Waals surface area (Å²) in [7, 11) is 0. The molecule has 3 aromatic rings. The number of fused-ring (bicyclic) bond motifs is 1. The van der Waals surface area contributed by atoms with Crippen molar-refractivity contribution in [2.75, 3.05) is 5.32 Å². The van der Waals surface area contributed by atoms with Crippen LogP contribution in [0.5, 0.6) is 0 Å². The van der Waals surface area contributed by atoms with Gasteiger partial charge < -0.3 is 10.3 Å². The molecule has 6 nitrogen and oxygen atoms in total. The average Bonchev–Trinajstić information content (AvgIpc) is 2.55. The van der Waals surface area contributed by atoms with Crippen LogP contribution in [0.15, 0.2) is 44.8 Å². The summed E-state index contributed by atoms with van der Waals surface area (Å²) in [6.07, 6.45) is 0. The first-order valence-corrected chi connectivity index (χ1v) is 9.62. The van der Waals surface area contributed by atoms with Gasteiger partial charge in [-0.2, -0.15) is 0 Å². The van der Waals surface area contributed by atoms with Gasteiger partial charge in [-0.05, 0) is 56.7 Å². The second kappa shape index (κ2) is 7.59. The predicted octanol–water partition coefficient (Wildman–Crippen LogP) is 3.82. The van der Waals surface area contributed by atoms with E-state index >= 15 is 0 Å². The second-order valence-corrected chi connectivity index (χ2v) is 8.15. The highest BCUT2D eigenvalue weighted by Crippen LogP contribution is 2.22. The smallest absolute Gasteiger partial charge is 0.261 e. The number of aryl methyl sites for hydroxylation is 2. The maximum Gasteiger partial charge on any atom is 0.261 e. The Morgan fingerprint density at radius 2 is 1.92 bits per heavy atom. The number of hydrogen-bond acceptors (Lipinski definition) is 5. The van der Waals surface area contributed by atoms with E-state index in [0.29, 0.717) is 21.9 Å². The number of H-pyrrole nitrogens is 1. The van der Waals surface area contributed by atoms with Gasteiger partial charge in [0.25, 0.3) is 5.56 Å². The van der Waals surface area contributed by atoms with Crippen molar-refractivity contribution in [3.8, 4) is 0 Å². The van der Waals surface area contributed by atoms with E-state index in [1.54, 1.807) is 6.92 Å². The standard InChI is InChI=1S/C18H17BrN4O2S/c1-9-8-10(2)20-15-14(9)17(25)23-18(22-15)26-11(3)16(24)21-13-6-4-12(19)5-7-13/h4-8,11H,1-3H3,(H,21,24)(H,20,22,23,25). The molecule has 26 heavy (non-hydrogen) atoms. The molecular formula is C18H17BrN4O2S. The fourth-order valence-electron chi connectivity index (χ4n) is 2.52. The molecule has 2 aromatic heterocycles. The third-order valence-corrected chi connectivity index (χ3v) is 5.26. The molecule has 0 fully saturated rings. The molecular weight excluding hydrogens is 416 g/mol. The van der Waals surface area contributed by atoms with Crippen molar-refractivity contribution in [1.29, 1.82) is 0 Å². The van der Waals surface area contributed by atoms with Crippen LogP contribution in [0.3, 0.4) is 0 Å². The Balaban J connectivity index is 1.80. The number of rotatable bonds is 4. The third-order valence-electron chi connectivity index (χ3n) is 3.75. The van der Waals surface area contributed by atoms with Crippen LogP contribution in [0, 0.1) is 13.8 Å². The normalized spacial score (nSPS) is 12.2. The third kappa shape index (κ3) is 4.13. The largest absolute Gasteiger partial charge is 0.325 e. The van der Waals surface area contributed by atoms with Gasteiger partial charge in [-0.15, -0.1) is 0 Å². The van der Waals surface area contributed by atoms with Crippen molar-refractivity contribution in [2.45, 2.75) is 31.2 Å². The summed E-state index contributed by atoms with van der Waals surface area (Å²) in [5.74, 6) is -0.173. The molecule has 0 saturated carbocycles. The Labute approximate surface area is 163 Å². The summed E-state index contributed by atoms with van der Waals surface area (Å²) in [4.78, 5) is 36.2. The number of anilines is 1. The van der Waals surface area contributed by atoms with Crippen LogP contribution in [0.2, 0.25) is 0 Å². The van der Waals surface area contributed by atoms with Crippen molar-refractivity contribution in [2.24, 2.45) is 0 Å². The van der Waals surface area contributed by atoms with Crippen molar-refractivity contribution in [3.63, 3.8) is 0 Å². The van der Waals surface area contributed by atoms with Gasteiger partial charge in [-0.25, -0.2) is 9.97 Å². The zero-order chi connectivity index (χ0) is 18.8. The molecule has 1 amide bonds. The van der Waals surface area contributed by atoms with Crippen LogP contribution >= 0.6 is 27.7 Å². The Kier molecular flexibility index (Phi) is 5.43. The van der Waals surface area contributed by atoms with E-state index in [2.05, 4.69) is 36.2 Å². The summed E-state index contributed by atoms with van der Waals surface area (Å²) in [6, 6.07) is 9.18. The number of nitrogens with zero attached hydrogens (tertiary/aromatic N) is 2. The number of carbonyl (C=O) groups excluding carboxylic acids is 1. The molecule has 0 aliphatic heterocycles. The number of carbonyl (C=O) groups is 1. The summed E-state index contributed by atoms with van der Waals surface area (Å²) >= 11 is 4.54. The van der Waals surface area contributed by atoms with Crippen LogP contribution in [0.1, 0.15) is 18.2 Å². The van der Waals surface area contributed by atoms with Gasteiger partial charge in [0.2, 0.25) is 5.91 Å². The summed E-state index contributed by atoms with van der Waals surface area (Å²) in [5.41, 5.74) is 2.49. The number of pyridine rings is 1. The molecule has 2 N–H and O–H groups in total. The molecule has 3 rings (SSSR count). The Hall–Kier alpha value is -2.19. The number of benzene rings is 1. The van der Waals surface area contributed by atoms with Crippen LogP contribution in [0.25, 0.3) is 11.0 Å². The first-order valence-electron chi connectivity index (χ1n) is 7.95. The molecule has 0 bridgehead atoms. The van der Waals surface area contributed by atoms with E-state index in [1.165, 1.54) is 11.8 Å². The molecule has 0 aliphatic rings. The van der Waals surface area contributed by atoms with Gasteiger partial charge in [-0.1, -0.05) is 27.7 Å². The number of aromatic nitrogens is 3. The predicted molar refractivity (Wildman–Crippen MR) is 108 cm³/mol. The van der Waals surface area contributed by atoms with Crippen molar-refractivity contribution in [3.05, 3.63) is 56.4 Å². The number of aromatic amines is 1. The van der Waals surface area contributed by atoms with Gasteiger partial charge in [0.1, 0.15) is 0 Å². The number of hydrogen-bond donors (Lipinski definition) is 2. The molecule has 1 atom stereocenters. The fraction of sp³-hybridized carbons (Fsp3) is 0.222. The van der Waals surface area contributed by atoms with Gasteiger partial charge in [0.15, 0.2) is 10.8 Å². The van der Waals surface area contributed by atoms with E-state index in [-0.39, 0.29) is 11.5 Å². The summed E-state index contributed by atoms with van der Waals surface area (Å²) in [6.45, 7) is 5.48. The minimum absolute atomic E-state index is 0.173. The van der Waals surface area contributed by atoms with Crippen LogP contribution in [0.4, 0.5) is 5.69 Å². The Morgan fingerprint density at radius 3 is 2.62 bits per heavy atom. The molecule has 134 valence electrons. The first-order chi connectivity index (χ1) is 12.3. The number of nitrogens with one attached hydrogen (secondary N) is 2. The molecule has 0 saturated heterocycles. The summed E-state index contributed by atoms with van der Waals surface area (Å²) < 4.78 is 0.939. The van der Waals surface area contributed by atoms with Crippen LogP contribution in [-0.2, 0) is 4.79 Å². The molecule has 0 aliphatic carbocycles. The zero-order valence-electron chi connectivity index (χ0n) is 14.5. The van der Waals surface area contributed by atoms with E-state index in [9.17, 15) is 9.59 Å². The van der Waals surface area contributed by atoms with Gasteiger partial charge in [0, 0.05) is 15.9 Å². The van der Waals surface area contributed by atoms with Crippen molar-refractivity contribution < 1.29 is 4.79 Å². The SMILES string of the molecule is Cc1cc(C)c2c(=O)[nH]c(SC(C)C(=O)Nc3ccc(Br)cc3)nc2n1. The minimum atomic E-state index is -0.440. The number of amides is 1. The highest BCUT2D eigenvalue weighted by molar-refractivity contribution is 9.10. The lowest BCUT2D eigenvalue weighted by atomic mass is 10.2. The maximum atomic E-state index is 12.4. The molecule has 0 radical (unpaired) electrons. The number of halogens is 1. The molecule has 1 aromatic carbocycles. The number of thioether (sulfide) groups is 1. The first kappa shape index (κ1) is 18.6. The lowest BCUT2D eigenvalue weighted by Gasteiger charge is -2.12. The maximum absolute atomic E-state index is 12.4. The summed E-state index contributed by atoms with van der Waals surface area (Å²) in [5, 5.41) is 3.26. The Bertz CT molecular complexity index is 1030. The highest BCUT2D eigenvalue weighted by atomic mass is 79.9. The van der Waals surface area contributed by atoms with E-state index < -0.39 is 5.25 Å². The minimum Gasteiger partial charge on any atom is -0.325 e. The highest BCUT2D eigenvalue weighted by Gasteiger charge is 2.17. The Morgan fingerprint density at radius 1 is 1.23 bits per heavy atom. The van der Waals surface area contributed by atoms with E-state index in [1.807, 2.05) is 44.2 Å².